The van der Waals surface area contributed by atoms with E-state index in [1.807, 2.05) is 47.5 Å². The van der Waals surface area contributed by atoms with Gasteiger partial charge in [-0.3, -0.25) is 9.69 Å². The van der Waals surface area contributed by atoms with E-state index >= 15 is 0 Å². The lowest BCUT2D eigenvalue weighted by molar-refractivity contribution is -0.137. The van der Waals surface area contributed by atoms with Crippen LogP contribution in [0.5, 0.6) is 0 Å². The third-order valence-corrected chi connectivity index (χ3v) is 6.55. The molecule has 3 aromatic rings. The molecule has 10 heteroatoms. The number of amides is 1. The fraction of sp³-hybridized carbons (Fsp3) is 0.318. The first-order valence-electron chi connectivity index (χ1n) is 10.0. The number of benzene rings is 1. The van der Waals surface area contributed by atoms with E-state index in [-0.39, 0.29) is 16.8 Å². The molecule has 1 aromatic carbocycles. The van der Waals surface area contributed by atoms with Crippen LogP contribution in [0.15, 0.2) is 48.0 Å². The number of nitrogens with zero attached hydrogens (tertiary/aromatic N) is 4. The molecule has 1 saturated heterocycles. The maximum absolute atomic E-state index is 13.5. The normalized spacial score (nSPS) is 15.1. The fourth-order valence-electron chi connectivity index (χ4n) is 3.69. The van der Waals surface area contributed by atoms with Gasteiger partial charge in [0.25, 0.3) is 0 Å². The van der Waals surface area contributed by atoms with Crippen molar-refractivity contribution < 1.29 is 18.0 Å². The number of hydrogen-bond acceptors (Lipinski definition) is 5. The summed E-state index contributed by atoms with van der Waals surface area (Å²) in [4.78, 5) is 25.4. The second-order valence-corrected chi connectivity index (χ2v) is 8.81. The van der Waals surface area contributed by atoms with Gasteiger partial charge in [0.2, 0.25) is 5.91 Å². The third-order valence-electron chi connectivity index (χ3n) is 5.33. The van der Waals surface area contributed by atoms with Gasteiger partial charge in [-0.25, -0.2) is 9.97 Å². The number of alkyl halides is 3. The Hall–Kier alpha value is -2.65. The number of anilines is 3. The van der Waals surface area contributed by atoms with E-state index in [9.17, 15) is 18.0 Å². The maximum Gasteiger partial charge on any atom is 0.417 e. The zero-order chi connectivity index (χ0) is 22.9. The van der Waals surface area contributed by atoms with Crippen LogP contribution in [0.1, 0.15) is 24.1 Å². The fourth-order valence-corrected chi connectivity index (χ4v) is 4.80. The number of rotatable bonds is 4. The molecule has 32 heavy (non-hydrogen) atoms. The van der Waals surface area contributed by atoms with Crippen LogP contribution in [-0.2, 0) is 11.0 Å². The monoisotopic (exact) mass is 480 g/mol. The summed E-state index contributed by atoms with van der Waals surface area (Å²) in [5.41, 5.74) is 0.715. The largest absolute Gasteiger partial charge is 0.417 e. The van der Waals surface area contributed by atoms with Crippen LogP contribution in [0, 0.1) is 12.8 Å². The third kappa shape index (κ3) is 4.73. The van der Waals surface area contributed by atoms with Gasteiger partial charge >= 0.3 is 6.18 Å². The van der Waals surface area contributed by atoms with Crippen LogP contribution in [0.2, 0.25) is 5.02 Å². The van der Waals surface area contributed by atoms with Crippen molar-refractivity contribution in [2.45, 2.75) is 25.9 Å². The average Bonchev–Trinajstić information content (AvgIpc) is 3.19. The Bertz CT molecular complexity index is 1100. The number of halogens is 4. The Morgan fingerprint density at radius 1 is 1.22 bits per heavy atom. The van der Waals surface area contributed by atoms with Gasteiger partial charge in [0.05, 0.1) is 22.0 Å². The number of carbonyl (C=O) groups excluding carboxylic acids is 1. The maximum atomic E-state index is 13.5. The lowest BCUT2D eigenvalue weighted by atomic mass is 9.95. The van der Waals surface area contributed by atoms with Crippen LogP contribution in [-0.4, -0.2) is 29.0 Å². The van der Waals surface area contributed by atoms with Gasteiger partial charge in [0.15, 0.2) is 5.13 Å². The number of pyridine rings is 1. The Labute approximate surface area is 192 Å². The number of hydrogen-bond donors (Lipinski definition) is 0. The van der Waals surface area contributed by atoms with Crippen molar-refractivity contribution >= 4 is 45.5 Å². The predicted octanol–water partition coefficient (Wildman–Crippen LogP) is 6.10. The highest BCUT2D eigenvalue weighted by molar-refractivity contribution is 7.14. The average molecular weight is 481 g/mol. The Balaban J connectivity index is 1.50. The standard InChI is InChI=1S/C22H20ClF3N4OS/c1-14-13-32-21(28-14)30(17-5-3-2-4-6-17)20(31)15-7-9-29(10-8-15)19-18(23)11-16(12-27-19)22(24,25)26/h2-6,11-13,15H,7-10H2,1H3. The first-order chi connectivity index (χ1) is 15.2. The summed E-state index contributed by atoms with van der Waals surface area (Å²) in [6.45, 7) is 2.81. The van der Waals surface area contributed by atoms with Gasteiger partial charge in [-0.15, -0.1) is 11.3 Å². The van der Waals surface area contributed by atoms with Crippen molar-refractivity contribution in [2.75, 3.05) is 22.9 Å². The molecule has 0 spiro atoms. The highest BCUT2D eigenvalue weighted by atomic mass is 35.5. The molecule has 0 atom stereocenters. The number of carbonyl (C=O) groups is 1. The van der Waals surface area contributed by atoms with E-state index in [1.54, 1.807) is 4.90 Å². The molecule has 0 aliphatic carbocycles. The summed E-state index contributed by atoms with van der Waals surface area (Å²) in [6, 6.07) is 10.3. The SMILES string of the molecule is Cc1csc(N(C(=O)C2CCN(c3ncc(C(F)(F)F)cc3Cl)CC2)c2ccccc2)n1. The molecule has 3 heterocycles. The van der Waals surface area contributed by atoms with Crippen LogP contribution in [0.4, 0.5) is 29.8 Å². The molecule has 0 N–H and O–H groups in total. The molecule has 0 saturated carbocycles. The Kier molecular flexibility index (Phi) is 6.39. The molecule has 2 aromatic heterocycles. The van der Waals surface area contributed by atoms with Crippen molar-refractivity contribution in [3.8, 4) is 0 Å². The van der Waals surface area contributed by atoms with E-state index in [2.05, 4.69) is 9.97 Å². The second kappa shape index (κ2) is 9.07. The van der Waals surface area contributed by atoms with Crippen molar-refractivity contribution in [1.29, 1.82) is 0 Å². The highest BCUT2D eigenvalue weighted by Crippen LogP contribution is 2.36. The van der Waals surface area contributed by atoms with Gasteiger partial charge < -0.3 is 4.90 Å². The van der Waals surface area contributed by atoms with Gasteiger partial charge in [-0.05, 0) is 38.0 Å². The quantitative estimate of drug-likeness (QED) is 0.452. The molecule has 0 radical (unpaired) electrons. The lowest BCUT2D eigenvalue weighted by Gasteiger charge is -2.34. The van der Waals surface area contributed by atoms with Gasteiger partial charge in [-0.2, -0.15) is 13.2 Å². The Morgan fingerprint density at radius 2 is 1.91 bits per heavy atom. The first-order valence-corrected chi connectivity index (χ1v) is 11.3. The summed E-state index contributed by atoms with van der Waals surface area (Å²) in [6.07, 6.45) is -2.64. The minimum absolute atomic E-state index is 0.0447. The zero-order valence-electron chi connectivity index (χ0n) is 17.1. The molecule has 1 aliphatic rings. The summed E-state index contributed by atoms with van der Waals surface area (Å²) in [7, 11) is 0. The van der Waals surface area contributed by atoms with Crippen LogP contribution < -0.4 is 9.80 Å². The number of piperidine rings is 1. The van der Waals surface area contributed by atoms with Crippen LogP contribution >= 0.6 is 22.9 Å². The zero-order valence-corrected chi connectivity index (χ0v) is 18.7. The number of aryl methyl sites for hydroxylation is 1. The molecular weight excluding hydrogens is 461 g/mol. The molecule has 0 bridgehead atoms. The molecule has 1 amide bonds. The lowest BCUT2D eigenvalue weighted by Crippen LogP contribution is -2.41. The van der Waals surface area contributed by atoms with Crippen molar-refractivity contribution in [1.82, 2.24) is 9.97 Å². The minimum atomic E-state index is -4.50. The summed E-state index contributed by atoms with van der Waals surface area (Å²) in [5.74, 6) is 0.0154. The molecule has 0 unspecified atom stereocenters. The summed E-state index contributed by atoms with van der Waals surface area (Å²) < 4.78 is 38.6. The van der Waals surface area contributed by atoms with Gasteiger partial charge in [0.1, 0.15) is 5.82 Å². The molecule has 4 rings (SSSR count). The van der Waals surface area contributed by atoms with E-state index in [0.717, 1.165) is 23.6 Å². The van der Waals surface area contributed by atoms with Crippen molar-refractivity contribution in [3.63, 3.8) is 0 Å². The first kappa shape index (κ1) is 22.5. The predicted molar refractivity (Wildman–Crippen MR) is 120 cm³/mol. The van der Waals surface area contributed by atoms with Gasteiger partial charge in [-0.1, -0.05) is 29.8 Å². The molecule has 168 valence electrons. The number of aromatic nitrogens is 2. The van der Waals surface area contributed by atoms with Crippen molar-refractivity contribution in [2.24, 2.45) is 5.92 Å². The topological polar surface area (TPSA) is 49.3 Å². The Morgan fingerprint density at radius 3 is 2.47 bits per heavy atom. The van der Waals surface area contributed by atoms with E-state index in [4.69, 9.17) is 11.6 Å². The van der Waals surface area contributed by atoms with Crippen molar-refractivity contribution in [3.05, 3.63) is 64.3 Å². The van der Waals surface area contributed by atoms with Gasteiger partial charge in [0, 0.05) is 30.6 Å². The number of para-hydroxylation sites is 1. The molecule has 1 aliphatic heterocycles. The number of thiazole rings is 1. The molecule has 5 nitrogen and oxygen atoms in total. The molecular formula is C22H20ClF3N4OS. The van der Waals surface area contributed by atoms with E-state index in [0.29, 0.717) is 36.9 Å². The molecule has 1 fully saturated rings. The summed E-state index contributed by atoms with van der Waals surface area (Å²) in [5, 5.41) is 2.47. The minimum Gasteiger partial charge on any atom is -0.355 e. The van der Waals surface area contributed by atoms with Crippen LogP contribution in [0.25, 0.3) is 0 Å². The summed E-state index contributed by atoms with van der Waals surface area (Å²) >= 11 is 7.51. The van der Waals surface area contributed by atoms with E-state index in [1.165, 1.54) is 11.3 Å². The second-order valence-electron chi connectivity index (χ2n) is 7.57. The van der Waals surface area contributed by atoms with E-state index < -0.39 is 11.7 Å². The smallest absolute Gasteiger partial charge is 0.355 e. The highest BCUT2D eigenvalue weighted by Gasteiger charge is 2.34. The van der Waals surface area contributed by atoms with Crippen LogP contribution in [0.3, 0.4) is 0 Å².